The minimum absolute atomic E-state index is 0.0741. The van der Waals surface area contributed by atoms with E-state index >= 15 is 0 Å². The van der Waals surface area contributed by atoms with Crippen LogP contribution in [-0.2, 0) is 0 Å². The van der Waals surface area contributed by atoms with Crippen molar-refractivity contribution in [3.8, 4) is 0 Å². The lowest BCUT2D eigenvalue weighted by Crippen LogP contribution is -1.76. The lowest BCUT2D eigenvalue weighted by atomic mass is 10.1. The molecule has 0 aromatic carbocycles. The molecule has 2 N–H and O–H groups in total. The molecule has 1 aliphatic heterocycles. The second-order valence-electron chi connectivity index (χ2n) is 1.22. The zero-order valence-electron chi connectivity index (χ0n) is 3.23. The first-order valence-electron chi connectivity index (χ1n) is 1.72. The van der Waals surface area contributed by atoms with E-state index in [2.05, 4.69) is 5.32 Å². The van der Waals surface area contributed by atoms with E-state index in [1.165, 1.54) is 0 Å². The van der Waals surface area contributed by atoms with Crippen molar-refractivity contribution in [2.24, 2.45) is 0 Å². The lowest BCUT2D eigenvalue weighted by Gasteiger charge is -1.76. The Morgan fingerprint density at radius 3 is 2.50 bits per heavy atom. The van der Waals surface area contributed by atoms with Crippen LogP contribution in [0.3, 0.4) is 0 Å². The van der Waals surface area contributed by atoms with Crippen molar-refractivity contribution < 1.29 is 5.11 Å². The average Bonchev–Trinajstić information content (AvgIpc) is 2.06. The topological polar surface area (TPSA) is 42.2 Å². The van der Waals surface area contributed by atoms with Crippen molar-refractivity contribution in [2.75, 3.05) is 6.54 Å². The van der Waals surface area contributed by atoms with Crippen LogP contribution in [0.1, 0.15) is 0 Å². The molecular formula is C3H4BNO. The third-order valence-corrected chi connectivity index (χ3v) is 0.663. The van der Waals surface area contributed by atoms with Crippen LogP contribution in [0.2, 0.25) is 0 Å². The number of aliphatic hydroxyl groups is 1. The number of rotatable bonds is 0. The molecule has 1 aliphatic rings. The number of nitrogens with one attached hydrogen (secondary N) is 1. The van der Waals surface area contributed by atoms with Gasteiger partial charge in [-0.3, -0.25) is 0 Å². The maximum Gasteiger partial charge on any atom is 0.169 e. The summed E-state index contributed by atoms with van der Waals surface area (Å²) in [6.45, 7) is 0.752. The summed E-state index contributed by atoms with van der Waals surface area (Å²) in [4.78, 5) is 0. The maximum atomic E-state index is 8.29. The minimum atomic E-state index is -0.0741. The van der Waals surface area contributed by atoms with Crippen LogP contribution in [0.5, 0.6) is 0 Å². The van der Waals surface area contributed by atoms with Crippen molar-refractivity contribution >= 4 is 7.85 Å². The van der Waals surface area contributed by atoms with Crippen LogP contribution in [0.15, 0.2) is 11.4 Å². The molecule has 0 amide bonds. The van der Waals surface area contributed by atoms with Gasteiger partial charge in [-0.25, -0.2) is 0 Å². The monoisotopic (exact) mass is 81.0 g/mol. The van der Waals surface area contributed by atoms with Gasteiger partial charge >= 0.3 is 0 Å². The van der Waals surface area contributed by atoms with Gasteiger partial charge < -0.3 is 10.4 Å². The second kappa shape index (κ2) is 0.931. The van der Waals surface area contributed by atoms with E-state index in [1.54, 1.807) is 0 Å². The molecule has 0 saturated carbocycles. The molecule has 1 heterocycles. The Hall–Kier alpha value is -0.595. The molecule has 3 heteroatoms. The van der Waals surface area contributed by atoms with Crippen molar-refractivity contribution in [3.05, 3.63) is 11.4 Å². The first kappa shape index (κ1) is 3.59. The van der Waals surface area contributed by atoms with Crippen LogP contribution in [0, 0.1) is 0 Å². The fourth-order valence-corrected chi connectivity index (χ4v) is 0.225. The number of aliphatic hydroxyl groups excluding tert-OH is 1. The third-order valence-electron chi connectivity index (χ3n) is 0.663. The highest BCUT2D eigenvalue weighted by Gasteiger charge is 2.10. The molecule has 0 atom stereocenters. The van der Waals surface area contributed by atoms with Crippen LogP contribution in [0.4, 0.5) is 0 Å². The minimum Gasteiger partial charge on any atom is -0.522 e. The quantitative estimate of drug-likeness (QED) is 0.234. The van der Waals surface area contributed by atoms with Crippen molar-refractivity contribution in [2.45, 2.75) is 0 Å². The summed E-state index contributed by atoms with van der Waals surface area (Å²) < 4.78 is 0. The van der Waals surface area contributed by atoms with Crippen LogP contribution < -0.4 is 5.32 Å². The summed E-state index contributed by atoms with van der Waals surface area (Å²) in [5.74, 6) is 0. The smallest absolute Gasteiger partial charge is 0.169 e. The molecule has 1 rings (SSSR count). The fraction of sp³-hybridized carbons (Fsp3) is 0.333. The van der Waals surface area contributed by atoms with Crippen molar-refractivity contribution in [1.82, 2.24) is 5.32 Å². The summed E-state index contributed by atoms with van der Waals surface area (Å²) in [5.41, 5.74) is 0.685. The molecule has 2 nitrogen and oxygen atoms in total. The highest BCUT2D eigenvalue weighted by Crippen LogP contribution is 2.02. The SMILES string of the molecule is [B]/C(O)=C1/CN1. The normalized spacial score (nSPS) is 25.3. The molecule has 2 radical (unpaired) electrons. The molecule has 0 aliphatic carbocycles. The third kappa shape index (κ3) is 0.480. The van der Waals surface area contributed by atoms with E-state index < -0.39 is 0 Å². The number of hydrogen-bond donors (Lipinski definition) is 2. The summed E-state index contributed by atoms with van der Waals surface area (Å²) in [6, 6.07) is 0. The maximum absolute atomic E-state index is 8.29. The van der Waals surface area contributed by atoms with Gasteiger partial charge in [-0.1, -0.05) is 0 Å². The Balaban J connectivity index is 2.61. The van der Waals surface area contributed by atoms with E-state index in [0.29, 0.717) is 0 Å². The van der Waals surface area contributed by atoms with Crippen LogP contribution >= 0.6 is 0 Å². The van der Waals surface area contributed by atoms with Crippen molar-refractivity contribution in [3.63, 3.8) is 0 Å². The highest BCUT2D eigenvalue weighted by atomic mass is 16.3. The Kier molecular flexibility index (Phi) is 0.557. The van der Waals surface area contributed by atoms with Gasteiger partial charge in [0.25, 0.3) is 0 Å². The molecule has 0 aromatic rings. The summed E-state index contributed by atoms with van der Waals surface area (Å²) >= 11 is 0. The first-order valence-corrected chi connectivity index (χ1v) is 1.72. The fourth-order valence-electron chi connectivity index (χ4n) is 0.225. The highest BCUT2D eigenvalue weighted by molar-refractivity contribution is 6.20. The van der Waals surface area contributed by atoms with E-state index in [4.69, 9.17) is 13.0 Å². The molecular weight excluding hydrogens is 76.9 g/mol. The molecule has 0 spiro atoms. The molecule has 0 unspecified atom stereocenters. The van der Waals surface area contributed by atoms with Gasteiger partial charge in [0.1, 0.15) is 0 Å². The predicted molar refractivity (Wildman–Crippen MR) is 23.4 cm³/mol. The summed E-state index contributed by atoms with van der Waals surface area (Å²) in [7, 11) is 4.87. The van der Waals surface area contributed by atoms with E-state index in [0.717, 1.165) is 12.2 Å². The number of hydrogen-bond acceptors (Lipinski definition) is 2. The van der Waals surface area contributed by atoms with E-state index in [-0.39, 0.29) is 5.66 Å². The molecule has 6 heavy (non-hydrogen) atoms. The van der Waals surface area contributed by atoms with Gasteiger partial charge in [0.15, 0.2) is 7.85 Å². The first-order chi connectivity index (χ1) is 2.80. The molecule has 30 valence electrons. The molecule has 1 saturated heterocycles. The standard InChI is InChI=1S/C3H4BNO/c4-3(6)2-1-5-2/h5-6H,1H2/b3-2+. The Bertz CT molecular complexity index is 89.0. The molecule has 1 fully saturated rings. The van der Waals surface area contributed by atoms with Crippen LogP contribution in [-0.4, -0.2) is 19.5 Å². The van der Waals surface area contributed by atoms with E-state index in [9.17, 15) is 0 Å². The van der Waals surface area contributed by atoms with Gasteiger partial charge in [0.2, 0.25) is 0 Å². The molecule has 0 bridgehead atoms. The van der Waals surface area contributed by atoms with Crippen molar-refractivity contribution in [1.29, 1.82) is 0 Å². The summed E-state index contributed by atoms with van der Waals surface area (Å²) in [5, 5.41) is 11.0. The second-order valence-corrected chi connectivity index (χ2v) is 1.22. The van der Waals surface area contributed by atoms with Gasteiger partial charge in [-0.15, -0.1) is 0 Å². The largest absolute Gasteiger partial charge is 0.522 e. The molecule has 0 aromatic heterocycles. The van der Waals surface area contributed by atoms with Gasteiger partial charge in [-0.05, 0) is 0 Å². The Morgan fingerprint density at radius 2 is 2.50 bits per heavy atom. The van der Waals surface area contributed by atoms with E-state index in [1.807, 2.05) is 0 Å². The predicted octanol–water partition coefficient (Wildman–Crippen LogP) is -0.515. The Labute approximate surface area is 37.3 Å². The zero-order valence-corrected chi connectivity index (χ0v) is 3.23. The average molecular weight is 80.9 g/mol. The lowest BCUT2D eigenvalue weighted by molar-refractivity contribution is 0.449. The van der Waals surface area contributed by atoms with Gasteiger partial charge in [0.05, 0.1) is 17.9 Å². The summed E-state index contributed by atoms with van der Waals surface area (Å²) in [6.07, 6.45) is 0. The van der Waals surface area contributed by atoms with Gasteiger partial charge in [-0.2, -0.15) is 0 Å². The van der Waals surface area contributed by atoms with Crippen LogP contribution in [0.25, 0.3) is 0 Å². The van der Waals surface area contributed by atoms with Gasteiger partial charge in [0, 0.05) is 0 Å². The Morgan fingerprint density at radius 1 is 2.00 bits per heavy atom. The zero-order chi connectivity index (χ0) is 4.57.